The topological polar surface area (TPSA) is 129 Å². The highest BCUT2D eigenvalue weighted by atomic mass is 32.2. The molecule has 10 nitrogen and oxygen atoms in total. The standard InChI is InChI=1S/C31H36F3N5O5S/c1-43-20-24(40)19-38-14-10-22(11-15-38)37-27-6-3-7-29-26(27)17-23(39(29)21-31(32,33)34)5-4-13-36-28-9-8-25(45(2,41)42)18-30(28)44-16-12-35/h3,6-9,17-18,22,24,36-37,40H,10-11,13-16,19-21H2,1-2H3. The number of benzene rings is 2. The number of piperidine rings is 1. The lowest BCUT2D eigenvalue weighted by atomic mass is 10.0. The molecule has 3 aromatic rings. The van der Waals surface area contributed by atoms with Gasteiger partial charge in [0.05, 0.1) is 41.0 Å². The van der Waals surface area contributed by atoms with E-state index in [1.54, 1.807) is 25.3 Å². The summed E-state index contributed by atoms with van der Waals surface area (Å²) in [6.45, 7) is 0.829. The van der Waals surface area contributed by atoms with E-state index in [4.69, 9.17) is 14.7 Å². The Kier molecular flexibility index (Phi) is 11.2. The second kappa shape index (κ2) is 14.9. The van der Waals surface area contributed by atoms with Gasteiger partial charge in [-0.2, -0.15) is 18.4 Å². The normalized spacial score (nSPS) is 15.2. The number of β-amino-alcohol motifs (C(OH)–C–C–N with tert-alkyl or cyclic N) is 1. The predicted octanol–water partition coefficient (Wildman–Crippen LogP) is 3.86. The van der Waals surface area contributed by atoms with Crippen LogP contribution in [0.4, 0.5) is 24.5 Å². The van der Waals surface area contributed by atoms with Gasteiger partial charge in [0.2, 0.25) is 0 Å². The van der Waals surface area contributed by atoms with Crippen molar-refractivity contribution in [1.29, 1.82) is 5.26 Å². The molecule has 1 fully saturated rings. The molecule has 0 radical (unpaired) electrons. The van der Waals surface area contributed by atoms with Gasteiger partial charge in [-0.05, 0) is 49.1 Å². The van der Waals surface area contributed by atoms with Gasteiger partial charge in [-0.1, -0.05) is 12.0 Å². The third-order valence-corrected chi connectivity index (χ3v) is 8.43. The first-order valence-corrected chi connectivity index (χ1v) is 16.2. The Balaban J connectivity index is 1.53. The molecule has 2 heterocycles. The van der Waals surface area contributed by atoms with E-state index >= 15 is 0 Å². The smallest absolute Gasteiger partial charge is 0.406 e. The van der Waals surface area contributed by atoms with E-state index in [1.165, 1.54) is 18.2 Å². The molecule has 1 aromatic heterocycles. The Hall–Kier alpha value is -3.95. The number of halogens is 3. The molecular weight excluding hydrogens is 611 g/mol. The first-order valence-electron chi connectivity index (χ1n) is 14.3. The number of nitriles is 1. The molecule has 1 saturated heterocycles. The zero-order chi connectivity index (χ0) is 32.6. The van der Waals surface area contributed by atoms with E-state index < -0.39 is 28.7 Å². The van der Waals surface area contributed by atoms with Crippen LogP contribution < -0.4 is 15.4 Å². The van der Waals surface area contributed by atoms with Crippen molar-refractivity contribution < 1.29 is 36.2 Å². The lowest BCUT2D eigenvalue weighted by molar-refractivity contribution is -0.140. The summed E-state index contributed by atoms with van der Waals surface area (Å²) in [5, 5.41) is 26.0. The van der Waals surface area contributed by atoms with Gasteiger partial charge in [0.25, 0.3) is 0 Å². The second-order valence-corrected chi connectivity index (χ2v) is 12.8. The number of rotatable bonds is 12. The number of alkyl halides is 3. The molecule has 1 aliphatic rings. The summed E-state index contributed by atoms with van der Waals surface area (Å²) in [7, 11) is -1.97. The van der Waals surface area contributed by atoms with E-state index in [1.807, 2.05) is 12.1 Å². The van der Waals surface area contributed by atoms with Crippen molar-refractivity contribution in [3.63, 3.8) is 0 Å². The van der Waals surface area contributed by atoms with Crippen molar-refractivity contribution in [2.24, 2.45) is 0 Å². The van der Waals surface area contributed by atoms with Crippen LogP contribution in [-0.2, 0) is 21.1 Å². The largest absolute Gasteiger partial charge is 0.477 e. The van der Waals surface area contributed by atoms with Gasteiger partial charge in [0.1, 0.15) is 18.4 Å². The summed E-state index contributed by atoms with van der Waals surface area (Å²) in [5.41, 5.74) is 1.69. The van der Waals surface area contributed by atoms with Gasteiger partial charge < -0.3 is 34.7 Å². The highest BCUT2D eigenvalue weighted by Crippen LogP contribution is 2.32. The molecule has 45 heavy (non-hydrogen) atoms. The molecule has 0 aliphatic carbocycles. The third-order valence-electron chi connectivity index (χ3n) is 7.32. The maximum Gasteiger partial charge on any atom is 0.406 e. The fourth-order valence-electron chi connectivity index (χ4n) is 5.27. The summed E-state index contributed by atoms with van der Waals surface area (Å²) in [6.07, 6.45) is -2.36. The number of nitrogens with one attached hydrogen (secondary N) is 2. The fourth-order valence-corrected chi connectivity index (χ4v) is 5.91. The van der Waals surface area contributed by atoms with Gasteiger partial charge in [0, 0.05) is 56.2 Å². The number of likely N-dealkylation sites (tertiary alicyclic amines) is 1. The Morgan fingerprint density at radius 2 is 1.91 bits per heavy atom. The number of aromatic nitrogens is 1. The average molecular weight is 648 g/mol. The van der Waals surface area contributed by atoms with Crippen molar-refractivity contribution in [2.45, 2.75) is 42.6 Å². The van der Waals surface area contributed by atoms with Gasteiger partial charge in [0.15, 0.2) is 16.4 Å². The first-order chi connectivity index (χ1) is 21.4. The predicted molar refractivity (Wildman–Crippen MR) is 165 cm³/mol. The van der Waals surface area contributed by atoms with Crippen LogP contribution in [0, 0.1) is 23.2 Å². The van der Waals surface area contributed by atoms with Gasteiger partial charge in [-0.3, -0.25) is 0 Å². The van der Waals surface area contributed by atoms with Crippen LogP contribution >= 0.6 is 0 Å². The second-order valence-electron chi connectivity index (χ2n) is 10.8. The van der Waals surface area contributed by atoms with Crippen molar-refractivity contribution in [1.82, 2.24) is 9.47 Å². The highest BCUT2D eigenvalue weighted by Gasteiger charge is 2.30. The number of fused-ring (bicyclic) bond motifs is 1. The SMILES string of the molecule is COCC(O)CN1CCC(Nc2cccc3c2cc(C#CCNc2ccc(S(C)(=O)=O)cc2OCC#N)n3CC(F)(F)F)CC1. The van der Waals surface area contributed by atoms with Crippen molar-refractivity contribution in [2.75, 3.05) is 63.4 Å². The summed E-state index contributed by atoms with van der Waals surface area (Å²) in [4.78, 5) is 2.18. The Morgan fingerprint density at radius 3 is 2.58 bits per heavy atom. The van der Waals surface area contributed by atoms with E-state index in [9.17, 15) is 26.7 Å². The zero-order valence-electron chi connectivity index (χ0n) is 25.0. The first kappa shape index (κ1) is 33.9. The Bertz CT molecular complexity index is 1680. The van der Waals surface area contributed by atoms with Crippen LogP contribution in [0.3, 0.4) is 0 Å². The molecule has 1 atom stereocenters. The molecule has 1 unspecified atom stereocenters. The quantitative estimate of drug-likeness (QED) is 0.251. The van der Waals surface area contributed by atoms with Gasteiger partial charge >= 0.3 is 6.18 Å². The highest BCUT2D eigenvalue weighted by molar-refractivity contribution is 7.90. The number of methoxy groups -OCH3 is 1. The minimum atomic E-state index is -4.47. The van der Waals surface area contributed by atoms with E-state index in [2.05, 4.69) is 27.4 Å². The maximum atomic E-state index is 13.6. The number of sulfone groups is 1. The maximum absolute atomic E-state index is 13.6. The molecule has 0 saturated carbocycles. The van der Waals surface area contributed by atoms with Crippen LogP contribution in [0.1, 0.15) is 18.5 Å². The molecule has 242 valence electrons. The van der Waals surface area contributed by atoms with Crippen molar-refractivity contribution >= 4 is 32.1 Å². The van der Waals surface area contributed by atoms with Gasteiger partial charge in [-0.25, -0.2) is 8.42 Å². The molecule has 3 N–H and O–H groups in total. The average Bonchev–Trinajstić information content (AvgIpc) is 3.31. The monoisotopic (exact) mass is 647 g/mol. The Labute approximate surface area is 260 Å². The van der Waals surface area contributed by atoms with Crippen LogP contribution in [0.25, 0.3) is 10.9 Å². The molecule has 0 spiro atoms. The Morgan fingerprint density at radius 1 is 1.16 bits per heavy atom. The minimum absolute atomic E-state index is 0.0113. The number of anilines is 2. The van der Waals surface area contributed by atoms with Crippen molar-refractivity contribution in [3.05, 3.63) is 48.2 Å². The number of nitrogens with zero attached hydrogens (tertiary/aromatic N) is 3. The molecule has 1 aliphatic heterocycles. The number of aliphatic hydroxyl groups is 1. The van der Waals surface area contributed by atoms with Gasteiger partial charge in [-0.15, -0.1) is 0 Å². The van der Waals surface area contributed by atoms with Crippen LogP contribution in [0.2, 0.25) is 0 Å². The number of hydrogen-bond donors (Lipinski definition) is 3. The lowest BCUT2D eigenvalue weighted by Crippen LogP contribution is -2.43. The van der Waals surface area contributed by atoms with Crippen LogP contribution in [-0.4, -0.2) is 94.1 Å². The fraction of sp³-hybridized carbons (Fsp3) is 0.452. The van der Waals surface area contributed by atoms with E-state index in [0.717, 1.165) is 42.4 Å². The minimum Gasteiger partial charge on any atom is -0.477 e. The third kappa shape index (κ3) is 9.52. The summed E-state index contributed by atoms with van der Waals surface area (Å²) in [5.74, 6) is 5.84. The summed E-state index contributed by atoms with van der Waals surface area (Å²) < 4.78 is 76.3. The molecular formula is C31H36F3N5O5S. The van der Waals surface area contributed by atoms with Crippen LogP contribution in [0.15, 0.2) is 47.4 Å². The number of hydrogen-bond acceptors (Lipinski definition) is 9. The summed E-state index contributed by atoms with van der Waals surface area (Å²) >= 11 is 0. The number of ether oxygens (including phenoxy) is 2. The number of aliphatic hydroxyl groups excluding tert-OH is 1. The molecule has 0 amide bonds. The van der Waals surface area contributed by atoms with E-state index in [-0.39, 0.29) is 42.1 Å². The molecule has 14 heteroatoms. The lowest BCUT2D eigenvalue weighted by Gasteiger charge is -2.34. The van der Waals surface area contributed by atoms with Crippen LogP contribution in [0.5, 0.6) is 5.75 Å². The molecule has 4 rings (SSSR count). The van der Waals surface area contributed by atoms with Crippen molar-refractivity contribution in [3.8, 4) is 23.7 Å². The summed E-state index contributed by atoms with van der Waals surface area (Å²) in [6, 6.07) is 13.0. The van der Waals surface area contributed by atoms with E-state index in [0.29, 0.717) is 23.1 Å². The molecule has 2 aromatic carbocycles. The molecule has 0 bridgehead atoms. The zero-order valence-corrected chi connectivity index (χ0v) is 25.8.